The molecule has 28 heavy (non-hydrogen) atoms. The Morgan fingerprint density at radius 1 is 0.750 bits per heavy atom. The molecule has 0 aliphatic rings. The summed E-state index contributed by atoms with van der Waals surface area (Å²) in [5.41, 5.74) is 0. The number of aliphatic hydroxyl groups excluding tert-OH is 2. The van der Waals surface area contributed by atoms with Crippen LogP contribution in [0.15, 0.2) is 30.3 Å². The van der Waals surface area contributed by atoms with Gasteiger partial charge in [-0.3, -0.25) is 0 Å². The molecule has 1 aromatic rings. The first-order chi connectivity index (χ1) is 13.4. The second-order valence-electron chi connectivity index (χ2n) is 6.93. The zero-order valence-electron chi connectivity index (χ0n) is 18.2. The smallest absolute Gasteiger partial charge is 0.119 e. The zero-order valence-corrected chi connectivity index (χ0v) is 18.2. The largest absolute Gasteiger partial charge is 0.488 e. The lowest BCUT2D eigenvalue weighted by Crippen LogP contribution is -2.24. The molecule has 0 radical (unpaired) electrons. The number of ether oxygens (including phenoxy) is 4. The second kappa shape index (κ2) is 17.9. The summed E-state index contributed by atoms with van der Waals surface area (Å²) in [7, 11) is 0. The van der Waals surface area contributed by atoms with E-state index in [1.165, 1.54) is 0 Å². The van der Waals surface area contributed by atoms with Crippen molar-refractivity contribution in [2.24, 2.45) is 0 Å². The minimum Gasteiger partial charge on any atom is -0.488 e. The number of hydrogen-bond donors (Lipinski definition) is 2. The lowest BCUT2D eigenvalue weighted by Gasteiger charge is -2.17. The molecule has 0 amide bonds. The van der Waals surface area contributed by atoms with E-state index in [0.29, 0.717) is 13.2 Å². The molecular weight excluding hydrogens is 360 g/mol. The first-order valence-electron chi connectivity index (χ1n) is 10.2. The van der Waals surface area contributed by atoms with Crippen molar-refractivity contribution >= 4 is 0 Å². The summed E-state index contributed by atoms with van der Waals surface area (Å²) in [6, 6.07) is 9.62. The van der Waals surface area contributed by atoms with Gasteiger partial charge in [-0.2, -0.15) is 0 Å². The van der Waals surface area contributed by atoms with E-state index in [9.17, 15) is 0 Å². The Morgan fingerprint density at radius 3 is 1.79 bits per heavy atom. The molecule has 1 rings (SSSR count). The van der Waals surface area contributed by atoms with Crippen LogP contribution in [0, 0.1) is 0 Å². The molecule has 0 aromatic heterocycles. The monoisotopic (exact) mass is 400 g/mol. The molecular formula is C22H40O6. The lowest BCUT2D eigenvalue weighted by atomic mass is 10.3. The van der Waals surface area contributed by atoms with Crippen LogP contribution in [0.2, 0.25) is 0 Å². The topological polar surface area (TPSA) is 77.4 Å². The Hall–Kier alpha value is -1.18. The number of unbranched alkanes of at least 4 members (excludes halogenated alkanes) is 1. The predicted octanol–water partition coefficient (Wildman–Crippen LogP) is 3.44. The molecule has 0 aliphatic heterocycles. The third-order valence-electron chi connectivity index (χ3n) is 3.73. The third kappa shape index (κ3) is 15.8. The molecule has 4 atom stereocenters. The molecule has 164 valence electrons. The van der Waals surface area contributed by atoms with Crippen LogP contribution in [0.1, 0.15) is 47.5 Å². The number of benzene rings is 1. The summed E-state index contributed by atoms with van der Waals surface area (Å²) < 4.78 is 21.7. The van der Waals surface area contributed by atoms with Crippen molar-refractivity contribution in [3.63, 3.8) is 0 Å². The molecule has 0 heterocycles. The molecule has 1 aromatic carbocycles. The van der Waals surface area contributed by atoms with Gasteiger partial charge in [0.15, 0.2) is 0 Å². The van der Waals surface area contributed by atoms with Gasteiger partial charge in [-0.15, -0.1) is 0 Å². The average molecular weight is 401 g/mol. The Bertz CT molecular complexity index is 442. The molecule has 4 unspecified atom stereocenters. The second-order valence-corrected chi connectivity index (χ2v) is 6.93. The molecule has 0 saturated heterocycles. The predicted molar refractivity (Wildman–Crippen MR) is 112 cm³/mol. The maximum absolute atomic E-state index is 8.77. The van der Waals surface area contributed by atoms with Crippen molar-refractivity contribution in [3.05, 3.63) is 30.3 Å². The molecule has 0 saturated carbocycles. The maximum atomic E-state index is 8.77. The van der Waals surface area contributed by atoms with Crippen molar-refractivity contribution in [2.45, 2.75) is 71.9 Å². The highest BCUT2D eigenvalue weighted by atomic mass is 16.5. The van der Waals surface area contributed by atoms with E-state index in [1.807, 2.05) is 58.0 Å². The molecule has 6 nitrogen and oxygen atoms in total. The van der Waals surface area contributed by atoms with Crippen molar-refractivity contribution < 1.29 is 29.2 Å². The van der Waals surface area contributed by atoms with Gasteiger partial charge in [-0.1, -0.05) is 31.5 Å². The summed E-state index contributed by atoms with van der Waals surface area (Å²) in [4.78, 5) is 0. The van der Waals surface area contributed by atoms with Crippen LogP contribution < -0.4 is 4.74 Å². The summed E-state index contributed by atoms with van der Waals surface area (Å²) in [5.74, 6) is 0.838. The van der Waals surface area contributed by atoms with Gasteiger partial charge in [0.05, 0.1) is 44.7 Å². The van der Waals surface area contributed by atoms with Gasteiger partial charge >= 0.3 is 0 Å². The fraction of sp³-hybridized carbons (Fsp3) is 0.727. The quantitative estimate of drug-likeness (QED) is 0.466. The van der Waals surface area contributed by atoms with Crippen LogP contribution in [0.3, 0.4) is 0 Å². The summed E-state index contributed by atoms with van der Waals surface area (Å²) in [6.07, 6.45) is 2.14. The van der Waals surface area contributed by atoms with E-state index in [4.69, 9.17) is 29.2 Å². The summed E-state index contributed by atoms with van der Waals surface area (Å²) in [5, 5.41) is 17.5. The van der Waals surface area contributed by atoms with E-state index in [0.717, 1.165) is 25.2 Å². The van der Waals surface area contributed by atoms with Crippen LogP contribution in [-0.4, -0.2) is 67.7 Å². The minimum absolute atomic E-state index is 0.0126. The van der Waals surface area contributed by atoms with Crippen molar-refractivity contribution in [1.82, 2.24) is 0 Å². The normalized spacial score (nSPS) is 15.1. The number of aliphatic hydroxyl groups is 2. The highest BCUT2D eigenvalue weighted by molar-refractivity contribution is 5.21. The van der Waals surface area contributed by atoms with Gasteiger partial charge in [0, 0.05) is 6.61 Å². The van der Waals surface area contributed by atoms with Crippen LogP contribution in [0.25, 0.3) is 0 Å². The number of hydrogen-bond acceptors (Lipinski definition) is 6. The summed E-state index contributed by atoms with van der Waals surface area (Å²) >= 11 is 0. The fourth-order valence-corrected chi connectivity index (χ4v) is 1.95. The number of para-hydroxylation sites is 1. The zero-order chi connectivity index (χ0) is 21.2. The first kappa shape index (κ1) is 26.8. The van der Waals surface area contributed by atoms with E-state index in [1.54, 1.807) is 0 Å². The van der Waals surface area contributed by atoms with Crippen LogP contribution in [0.5, 0.6) is 5.75 Å². The number of rotatable bonds is 14. The van der Waals surface area contributed by atoms with E-state index in [-0.39, 0.29) is 37.6 Å². The van der Waals surface area contributed by atoms with Crippen molar-refractivity contribution in [1.29, 1.82) is 0 Å². The average Bonchev–Trinajstić information content (AvgIpc) is 2.71. The van der Waals surface area contributed by atoms with Gasteiger partial charge in [-0.25, -0.2) is 0 Å². The van der Waals surface area contributed by atoms with E-state index >= 15 is 0 Å². The first-order valence-corrected chi connectivity index (χ1v) is 10.2. The Labute approximate surface area is 170 Å². The maximum Gasteiger partial charge on any atom is 0.119 e. The summed E-state index contributed by atoms with van der Waals surface area (Å²) in [6.45, 7) is 11.7. The van der Waals surface area contributed by atoms with Gasteiger partial charge in [0.25, 0.3) is 0 Å². The standard InChI is InChI=1S/C12H18O3.C10H22O3/c1-10(8-13)14-9-11(2)15-12-6-4-3-5-7-12;1-4-5-6-12-10(3)8-13-9(2)7-11/h3-7,10-11,13H,8-9H2,1-2H3;9-11H,4-8H2,1-3H3. The van der Waals surface area contributed by atoms with E-state index in [2.05, 4.69) is 6.92 Å². The SMILES string of the molecule is CC(CO)OCC(C)Oc1ccccc1.CCCCOC(C)COC(C)CO. The van der Waals surface area contributed by atoms with E-state index < -0.39 is 0 Å². The molecule has 0 fully saturated rings. The third-order valence-corrected chi connectivity index (χ3v) is 3.73. The Balaban J connectivity index is 0.000000528. The Kier molecular flexibility index (Phi) is 17.1. The molecule has 0 spiro atoms. The minimum atomic E-state index is -0.133. The fourth-order valence-electron chi connectivity index (χ4n) is 1.95. The highest BCUT2D eigenvalue weighted by Gasteiger charge is 2.07. The van der Waals surface area contributed by atoms with Crippen molar-refractivity contribution in [3.8, 4) is 5.75 Å². The van der Waals surface area contributed by atoms with Crippen LogP contribution >= 0.6 is 0 Å². The van der Waals surface area contributed by atoms with Crippen LogP contribution in [0.4, 0.5) is 0 Å². The Morgan fingerprint density at radius 2 is 1.29 bits per heavy atom. The van der Waals surface area contributed by atoms with Gasteiger partial charge < -0.3 is 29.2 Å². The molecule has 2 N–H and O–H groups in total. The molecule has 0 aliphatic carbocycles. The van der Waals surface area contributed by atoms with Gasteiger partial charge in [-0.05, 0) is 46.2 Å². The van der Waals surface area contributed by atoms with Crippen LogP contribution in [-0.2, 0) is 14.2 Å². The lowest BCUT2D eigenvalue weighted by molar-refractivity contribution is -0.0457. The van der Waals surface area contributed by atoms with Crippen molar-refractivity contribution in [2.75, 3.05) is 33.0 Å². The molecule has 0 bridgehead atoms. The van der Waals surface area contributed by atoms with Gasteiger partial charge in [0.1, 0.15) is 11.9 Å². The highest BCUT2D eigenvalue weighted by Crippen LogP contribution is 2.11. The van der Waals surface area contributed by atoms with Gasteiger partial charge in [0.2, 0.25) is 0 Å². The molecule has 6 heteroatoms.